The number of amides is 1. The number of hydrogen-bond donors (Lipinski definition) is 1. The summed E-state index contributed by atoms with van der Waals surface area (Å²) in [6.45, 7) is 6.40. The molecule has 1 heterocycles. The van der Waals surface area contributed by atoms with E-state index in [2.05, 4.69) is 17.4 Å². The molecular formula is C25H32N2O3. The molecule has 4 fully saturated rings. The Hall–Kier alpha value is -2.30. The first-order valence-electron chi connectivity index (χ1n) is 11.4. The summed E-state index contributed by atoms with van der Waals surface area (Å²) in [5, 5.41) is 7.31. The number of nitrogens with zero attached hydrogens (tertiary/aromatic N) is 1. The molecule has 4 aliphatic rings. The van der Waals surface area contributed by atoms with Crippen LogP contribution in [0.3, 0.4) is 0 Å². The van der Waals surface area contributed by atoms with Crippen molar-refractivity contribution in [2.75, 3.05) is 0 Å². The Balaban J connectivity index is 1.25. The summed E-state index contributed by atoms with van der Waals surface area (Å²) in [4.78, 5) is 13.0. The number of nitrogens with one attached hydrogen (secondary N) is 1. The van der Waals surface area contributed by atoms with Crippen molar-refractivity contribution in [1.82, 2.24) is 10.5 Å². The molecule has 0 spiro atoms. The van der Waals surface area contributed by atoms with Crippen LogP contribution in [0.4, 0.5) is 0 Å². The standard InChI is InChI=1S/C25H32N2O3/c1-15-23(16(2)30-27-15)14-29-22-6-4-5-21(10-22)24(28)26-17(3)25-11-18-7-19(12-25)9-20(8-18)13-25/h4-6,10,17-20H,7-9,11-14H2,1-3H3,(H,26,28)/t17-,18?,19?,20?,25?/m1/s1. The summed E-state index contributed by atoms with van der Waals surface area (Å²) in [6.07, 6.45) is 8.14. The Morgan fingerprint density at radius 1 is 1.20 bits per heavy atom. The van der Waals surface area contributed by atoms with Crippen LogP contribution in [0.25, 0.3) is 0 Å². The van der Waals surface area contributed by atoms with Gasteiger partial charge in [-0.3, -0.25) is 4.79 Å². The Bertz CT molecular complexity index is 893. The van der Waals surface area contributed by atoms with Gasteiger partial charge >= 0.3 is 0 Å². The van der Waals surface area contributed by atoms with Crippen LogP contribution in [-0.2, 0) is 6.61 Å². The highest BCUT2D eigenvalue weighted by atomic mass is 16.5. The number of aryl methyl sites for hydroxylation is 2. The summed E-state index contributed by atoms with van der Waals surface area (Å²) < 4.78 is 11.1. The first kappa shape index (κ1) is 19.7. The summed E-state index contributed by atoms with van der Waals surface area (Å²) in [7, 11) is 0. The van der Waals surface area contributed by atoms with Gasteiger partial charge in [0.1, 0.15) is 18.1 Å². The smallest absolute Gasteiger partial charge is 0.251 e. The van der Waals surface area contributed by atoms with E-state index in [1.165, 1.54) is 38.5 Å². The molecule has 0 aliphatic heterocycles. The van der Waals surface area contributed by atoms with Gasteiger partial charge in [-0.15, -0.1) is 0 Å². The Kier molecular flexibility index (Phi) is 4.87. The summed E-state index contributed by atoms with van der Waals surface area (Å²) in [5.41, 5.74) is 2.76. The third kappa shape index (κ3) is 3.52. The van der Waals surface area contributed by atoms with Gasteiger partial charge in [-0.25, -0.2) is 0 Å². The number of hydrogen-bond acceptors (Lipinski definition) is 4. The van der Waals surface area contributed by atoms with Crippen molar-refractivity contribution in [3.8, 4) is 5.75 Å². The molecule has 6 rings (SSSR count). The van der Waals surface area contributed by atoms with E-state index in [0.29, 0.717) is 23.3 Å². The van der Waals surface area contributed by atoms with Gasteiger partial charge in [0.15, 0.2) is 0 Å². The van der Waals surface area contributed by atoms with Crippen molar-refractivity contribution in [1.29, 1.82) is 0 Å². The molecule has 1 aromatic heterocycles. The minimum Gasteiger partial charge on any atom is -0.489 e. The maximum absolute atomic E-state index is 13.0. The monoisotopic (exact) mass is 408 g/mol. The summed E-state index contributed by atoms with van der Waals surface area (Å²) >= 11 is 0. The average molecular weight is 409 g/mol. The van der Waals surface area contributed by atoms with Crippen LogP contribution in [0.2, 0.25) is 0 Å². The van der Waals surface area contributed by atoms with E-state index < -0.39 is 0 Å². The molecule has 2 aromatic rings. The molecule has 5 nitrogen and oxygen atoms in total. The number of carbonyl (C=O) groups excluding carboxylic acids is 1. The molecule has 30 heavy (non-hydrogen) atoms. The van der Waals surface area contributed by atoms with Crippen molar-refractivity contribution in [2.24, 2.45) is 23.2 Å². The van der Waals surface area contributed by atoms with E-state index >= 15 is 0 Å². The fourth-order valence-electron chi connectivity index (χ4n) is 6.73. The van der Waals surface area contributed by atoms with Crippen LogP contribution in [0.5, 0.6) is 5.75 Å². The second-order valence-electron chi connectivity index (χ2n) is 10.1. The number of ether oxygens (including phenoxy) is 1. The highest BCUT2D eigenvalue weighted by molar-refractivity contribution is 5.94. The normalized spacial score (nSPS) is 30.3. The third-order valence-electron chi connectivity index (χ3n) is 8.01. The second-order valence-corrected chi connectivity index (χ2v) is 10.1. The predicted octanol–water partition coefficient (Wildman–Crippen LogP) is 5.21. The van der Waals surface area contributed by atoms with Gasteiger partial charge in [0.25, 0.3) is 5.91 Å². The lowest BCUT2D eigenvalue weighted by molar-refractivity contribution is -0.0688. The first-order chi connectivity index (χ1) is 14.4. The van der Waals surface area contributed by atoms with Crippen molar-refractivity contribution in [3.63, 3.8) is 0 Å². The zero-order valence-electron chi connectivity index (χ0n) is 18.2. The lowest BCUT2D eigenvalue weighted by Crippen LogP contribution is -2.55. The number of rotatable bonds is 6. The van der Waals surface area contributed by atoms with Gasteiger partial charge in [-0.2, -0.15) is 0 Å². The Labute approximate surface area is 178 Å². The summed E-state index contributed by atoms with van der Waals surface area (Å²) in [5.74, 6) is 4.11. The van der Waals surface area contributed by atoms with E-state index in [1.54, 1.807) is 0 Å². The van der Waals surface area contributed by atoms with Crippen molar-refractivity contribution >= 4 is 5.91 Å². The molecule has 1 aromatic carbocycles. The van der Waals surface area contributed by atoms with Gasteiger partial charge in [-0.1, -0.05) is 11.2 Å². The van der Waals surface area contributed by atoms with Crippen LogP contribution < -0.4 is 10.1 Å². The zero-order valence-corrected chi connectivity index (χ0v) is 18.2. The molecule has 4 bridgehead atoms. The van der Waals surface area contributed by atoms with Crippen LogP contribution in [0.1, 0.15) is 72.8 Å². The quantitative estimate of drug-likeness (QED) is 0.713. The van der Waals surface area contributed by atoms with Crippen LogP contribution in [0.15, 0.2) is 28.8 Å². The molecule has 4 aliphatic carbocycles. The molecule has 0 unspecified atom stereocenters. The highest BCUT2D eigenvalue weighted by Crippen LogP contribution is 2.61. The molecule has 1 N–H and O–H groups in total. The van der Waals surface area contributed by atoms with Gasteiger partial charge in [0.2, 0.25) is 0 Å². The number of carbonyl (C=O) groups is 1. The molecule has 4 saturated carbocycles. The lowest BCUT2D eigenvalue weighted by atomic mass is 9.48. The number of benzene rings is 1. The SMILES string of the molecule is Cc1noc(C)c1COc1cccc(C(=O)N[C@H](C)C23CC4CC(CC(C4)C2)C3)c1. The van der Waals surface area contributed by atoms with Crippen LogP contribution in [0, 0.1) is 37.0 Å². The second kappa shape index (κ2) is 7.44. The van der Waals surface area contributed by atoms with Gasteiger partial charge in [0.05, 0.1) is 11.3 Å². The largest absolute Gasteiger partial charge is 0.489 e. The molecule has 5 heteroatoms. The van der Waals surface area contributed by atoms with E-state index in [1.807, 2.05) is 38.1 Å². The molecular weight excluding hydrogens is 376 g/mol. The minimum atomic E-state index is 0.000958. The van der Waals surface area contributed by atoms with Gasteiger partial charge < -0.3 is 14.6 Å². The lowest BCUT2D eigenvalue weighted by Gasteiger charge is -2.59. The minimum absolute atomic E-state index is 0.000958. The van der Waals surface area contributed by atoms with Crippen LogP contribution >= 0.6 is 0 Å². The maximum atomic E-state index is 13.0. The number of aromatic nitrogens is 1. The summed E-state index contributed by atoms with van der Waals surface area (Å²) in [6, 6.07) is 7.68. The van der Waals surface area contributed by atoms with E-state index in [4.69, 9.17) is 9.26 Å². The van der Waals surface area contributed by atoms with E-state index in [9.17, 15) is 4.79 Å². The molecule has 160 valence electrons. The first-order valence-corrected chi connectivity index (χ1v) is 11.4. The highest BCUT2D eigenvalue weighted by Gasteiger charge is 2.53. The topological polar surface area (TPSA) is 64.4 Å². The molecule has 0 saturated heterocycles. The van der Waals surface area contributed by atoms with Crippen molar-refractivity contribution < 1.29 is 14.1 Å². The maximum Gasteiger partial charge on any atom is 0.251 e. The molecule has 1 atom stereocenters. The fourth-order valence-corrected chi connectivity index (χ4v) is 6.73. The zero-order chi connectivity index (χ0) is 20.9. The predicted molar refractivity (Wildman–Crippen MR) is 114 cm³/mol. The third-order valence-corrected chi connectivity index (χ3v) is 8.01. The van der Waals surface area contributed by atoms with Crippen molar-refractivity contribution in [2.45, 2.75) is 71.9 Å². The van der Waals surface area contributed by atoms with E-state index in [0.717, 1.165) is 34.8 Å². The van der Waals surface area contributed by atoms with Crippen molar-refractivity contribution in [3.05, 3.63) is 46.8 Å². The van der Waals surface area contributed by atoms with Gasteiger partial charge in [0, 0.05) is 11.6 Å². The Morgan fingerprint density at radius 2 is 1.87 bits per heavy atom. The Morgan fingerprint density at radius 3 is 2.47 bits per heavy atom. The molecule has 1 amide bonds. The average Bonchev–Trinajstić information content (AvgIpc) is 3.03. The van der Waals surface area contributed by atoms with Crippen LogP contribution in [-0.4, -0.2) is 17.1 Å². The van der Waals surface area contributed by atoms with E-state index in [-0.39, 0.29) is 11.9 Å². The van der Waals surface area contributed by atoms with Gasteiger partial charge in [-0.05, 0) is 101 Å². The fraction of sp³-hybridized carbons (Fsp3) is 0.600. The molecule has 0 radical (unpaired) electrons.